The molecule has 1 N–H and O–H groups in total. The summed E-state index contributed by atoms with van der Waals surface area (Å²) in [6, 6.07) is 5.02. The topological polar surface area (TPSA) is 55.2 Å². The zero-order valence-electron chi connectivity index (χ0n) is 8.86. The Bertz CT molecular complexity index is 388. The first-order valence-electron chi connectivity index (χ1n) is 4.68. The first kappa shape index (κ1) is 11.2. The monoisotopic (exact) mass is 206 g/mol. The Labute approximate surface area is 88.8 Å². The van der Waals surface area contributed by atoms with Crippen molar-refractivity contribution >= 4 is 11.4 Å². The van der Waals surface area contributed by atoms with Crippen molar-refractivity contribution in [2.24, 2.45) is 0 Å². The Balaban J connectivity index is 2.98. The Morgan fingerprint density at radius 3 is 2.73 bits per heavy atom. The molecule has 0 bridgehead atoms. The molecule has 1 aromatic rings. The average Bonchev–Trinajstić information content (AvgIpc) is 2.16. The minimum absolute atomic E-state index is 0.0893. The predicted octanol–water partition coefficient (Wildman–Crippen LogP) is 2.89. The van der Waals surface area contributed by atoms with Crippen molar-refractivity contribution in [2.75, 3.05) is 5.32 Å². The molecule has 1 unspecified atom stereocenters. The number of non-ortho nitro benzene ring substituents is 1. The van der Waals surface area contributed by atoms with Crippen LogP contribution in [0.4, 0.5) is 11.4 Å². The number of anilines is 1. The van der Waals surface area contributed by atoms with Crippen molar-refractivity contribution in [3.05, 3.63) is 46.5 Å². The summed E-state index contributed by atoms with van der Waals surface area (Å²) in [5.74, 6) is 0. The van der Waals surface area contributed by atoms with Crippen LogP contribution < -0.4 is 5.32 Å². The lowest BCUT2D eigenvalue weighted by Gasteiger charge is -2.11. The van der Waals surface area contributed by atoms with Crippen LogP contribution in [0, 0.1) is 17.0 Å². The predicted molar refractivity (Wildman–Crippen MR) is 61.1 cm³/mol. The van der Waals surface area contributed by atoms with E-state index in [1.54, 1.807) is 12.1 Å². The molecule has 0 spiro atoms. The normalized spacial score (nSPS) is 11.9. The van der Waals surface area contributed by atoms with E-state index in [4.69, 9.17) is 0 Å². The summed E-state index contributed by atoms with van der Waals surface area (Å²) >= 11 is 0. The van der Waals surface area contributed by atoms with E-state index in [9.17, 15) is 10.1 Å². The van der Waals surface area contributed by atoms with Crippen LogP contribution in [0.5, 0.6) is 0 Å². The number of nitrogens with zero attached hydrogens (tertiary/aromatic N) is 1. The SMILES string of the molecule is C=CC(C)Nc1cc(C)cc([N+](=O)[O-])c1. The van der Waals surface area contributed by atoms with Gasteiger partial charge in [-0.1, -0.05) is 6.08 Å². The van der Waals surface area contributed by atoms with Gasteiger partial charge in [0.15, 0.2) is 0 Å². The van der Waals surface area contributed by atoms with Gasteiger partial charge in [0.1, 0.15) is 0 Å². The number of hydrogen-bond donors (Lipinski definition) is 1. The van der Waals surface area contributed by atoms with Crippen molar-refractivity contribution in [1.82, 2.24) is 0 Å². The van der Waals surface area contributed by atoms with Crippen LogP contribution in [0.1, 0.15) is 12.5 Å². The van der Waals surface area contributed by atoms with Gasteiger partial charge in [-0.3, -0.25) is 10.1 Å². The van der Waals surface area contributed by atoms with Crippen molar-refractivity contribution in [1.29, 1.82) is 0 Å². The Morgan fingerprint density at radius 2 is 2.20 bits per heavy atom. The molecule has 1 aromatic carbocycles. The Kier molecular flexibility index (Phi) is 3.44. The molecule has 0 saturated heterocycles. The highest BCUT2D eigenvalue weighted by molar-refractivity contribution is 5.54. The van der Waals surface area contributed by atoms with Crippen molar-refractivity contribution in [3.63, 3.8) is 0 Å². The van der Waals surface area contributed by atoms with E-state index in [-0.39, 0.29) is 11.7 Å². The Hall–Kier alpha value is -1.84. The van der Waals surface area contributed by atoms with E-state index in [0.29, 0.717) is 0 Å². The van der Waals surface area contributed by atoms with Gasteiger partial charge in [0.25, 0.3) is 5.69 Å². The van der Waals surface area contributed by atoms with E-state index in [1.165, 1.54) is 6.07 Å². The smallest absolute Gasteiger partial charge is 0.271 e. The van der Waals surface area contributed by atoms with Gasteiger partial charge in [-0.25, -0.2) is 0 Å². The second-order valence-corrected chi connectivity index (χ2v) is 3.48. The minimum atomic E-state index is -0.392. The summed E-state index contributed by atoms with van der Waals surface area (Å²) in [4.78, 5) is 10.2. The minimum Gasteiger partial charge on any atom is -0.379 e. The zero-order chi connectivity index (χ0) is 11.4. The highest BCUT2D eigenvalue weighted by atomic mass is 16.6. The number of rotatable bonds is 4. The van der Waals surface area contributed by atoms with Crippen LogP contribution in [0.2, 0.25) is 0 Å². The highest BCUT2D eigenvalue weighted by Gasteiger charge is 2.08. The number of nitro benzene ring substituents is 1. The fourth-order valence-corrected chi connectivity index (χ4v) is 1.27. The second-order valence-electron chi connectivity index (χ2n) is 3.48. The van der Waals surface area contributed by atoms with Crippen LogP contribution >= 0.6 is 0 Å². The molecule has 0 saturated carbocycles. The van der Waals surface area contributed by atoms with Gasteiger partial charge in [-0.2, -0.15) is 0 Å². The number of aryl methyl sites for hydroxylation is 1. The summed E-state index contributed by atoms with van der Waals surface area (Å²) in [5.41, 5.74) is 1.71. The zero-order valence-corrected chi connectivity index (χ0v) is 8.86. The molecule has 0 amide bonds. The standard InChI is InChI=1S/C11H14N2O2/c1-4-9(3)12-10-5-8(2)6-11(7-10)13(14)15/h4-7,9,12H,1H2,2-3H3. The molecule has 0 radical (unpaired) electrons. The number of benzene rings is 1. The Morgan fingerprint density at radius 1 is 1.53 bits per heavy atom. The maximum absolute atomic E-state index is 10.6. The van der Waals surface area contributed by atoms with Gasteiger partial charge < -0.3 is 5.32 Å². The number of hydrogen-bond acceptors (Lipinski definition) is 3. The quantitative estimate of drug-likeness (QED) is 0.468. The molecular weight excluding hydrogens is 192 g/mol. The largest absolute Gasteiger partial charge is 0.379 e. The maximum atomic E-state index is 10.6. The maximum Gasteiger partial charge on any atom is 0.271 e. The molecule has 1 atom stereocenters. The van der Waals surface area contributed by atoms with Gasteiger partial charge in [0.2, 0.25) is 0 Å². The van der Waals surface area contributed by atoms with E-state index in [1.807, 2.05) is 19.9 Å². The molecule has 4 nitrogen and oxygen atoms in total. The first-order valence-corrected chi connectivity index (χ1v) is 4.68. The van der Waals surface area contributed by atoms with Crippen LogP contribution in [0.3, 0.4) is 0 Å². The number of nitro groups is 1. The van der Waals surface area contributed by atoms with Gasteiger partial charge in [-0.05, 0) is 25.5 Å². The summed E-state index contributed by atoms with van der Waals surface area (Å²) in [7, 11) is 0. The molecular formula is C11H14N2O2. The lowest BCUT2D eigenvalue weighted by Crippen LogP contribution is -2.11. The van der Waals surface area contributed by atoms with Crippen molar-refractivity contribution < 1.29 is 4.92 Å². The van der Waals surface area contributed by atoms with Crippen LogP contribution in [-0.4, -0.2) is 11.0 Å². The third kappa shape index (κ3) is 3.09. The summed E-state index contributed by atoms with van der Waals surface area (Å²) < 4.78 is 0. The summed E-state index contributed by atoms with van der Waals surface area (Å²) in [6.07, 6.45) is 1.74. The molecule has 0 aliphatic rings. The second kappa shape index (κ2) is 4.59. The van der Waals surface area contributed by atoms with Crippen LogP contribution in [0.15, 0.2) is 30.9 Å². The molecule has 0 heterocycles. The third-order valence-electron chi connectivity index (χ3n) is 2.02. The van der Waals surface area contributed by atoms with Gasteiger partial charge in [-0.15, -0.1) is 6.58 Å². The lowest BCUT2D eigenvalue weighted by molar-refractivity contribution is -0.384. The third-order valence-corrected chi connectivity index (χ3v) is 2.02. The molecule has 80 valence electrons. The molecule has 1 rings (SSSR count). The van der Waals surface area contributed by atoms with E-state index in [2.05, 4.69) is 11.9 Å². The van der Waals surface area contributed by atoms with Crippen LogP contribution in [0.25, 0.3) is 0 Å². The first-order chi connectivity index (χ1) is 7.02. The molecule has 0 fully saturated rings. The number of nitrogens with one attached hydrogen (secondary N) is 1. The van der Waals surface area contributed by atoms with E-state index in [0.717, 1.165) is 11.3 Å². The summed E-state index contributed by atoms with van der Waals surface area (Å²) in [5, 5.41) is 13.7. The van der Waals surface area contributed by atoms with E-state index >= 15 is 0 Å². The highest BCUT2D eigenvalue weighted by Crippen LogP contribution is 2.20. The van der Waals surface area contributed by atoms with Crippen molar-refractivity contribution in [2.45, 2.75) is 19.9 Å². The molecule has 0 aliphatic carbocycles. The molecule has 0 aromatic heterocycles. The summed E-state index contributed by atoms with van der Waals surface area (Å²) in [6.45, 7) is 7.40. The fourth-order valence-electron chi connectivity index (χ4n) is 1.27. The molecule has 0 aliphatic heterocycles. The van der Waals surface area contributed by atoms with Gasteiger partial charge >= 0.3 is 0 Å². The molecule has 15 heavy (non-hydrogen) atoms. The molecule has 4 heteroatoms. The van der Waals surface area contributed by atoms with Gasteiger partial charge in [0.05, 0.1) is 4.92 Å². The van der Waals surface area contributed by atoms with Crippen molar-refractivity contribution in [3.8, 4) is 0 Å². The van der Waals surface area contributed by atoms with Crippen LogP contribution in [-0.2, 0) is 0 Å². The van der Waals surface area contributed by atoms with E-state index < -0.39 is 4.92 Å². The van der Waals surface area contributed by atoms with Gasteiger partial charge in [0, 0.05) is 23.9 Å². The fraction of sp³-hybridized carbons (Fsp3) is 0.273. The average molecular weight is 206 g/mol. The lowest BCUT2D eigenvalue weighted by atomic mass is 10.2.